The summed E-state index contributed by atoms with van der Waals surface area (Å²) in [7, 11) is 0. The number of carbonyl (C=O) groups is 1. The summed E-state index contributed by atoms with van der Waals surface area (Å²) in [5, 5.41) is 6.97. The quantitative estimate of drug-likeness (QED) is 0.926. The average Bonchev–Trinajstić information content (AvgIpc) is 2.97. The predicted molar refractivity (Wildman–Crippen MR) is 71.9 cm³/mol. The van der Waals surface area contributed by atoms with Gasteiger partial charge in [0.2, 0.25) is 11.8 Å². The van der Waals surface area contributed by atoms with Gasteiger partial charge in [0, 0.05) is 18.9 Å². The van der Waals surface area contributed by atoms with Crippen LogP contribution in [0.1, 0.15) is 13.3 Å². The molecule has 0 aliphatic carbocycles. The van der Waals surface area contributed by atoms with Crippen LogP contribution < -0.4 is 10.1 Å². The van der Waals surface area contributed by atoms with Crippen molar-refractivity contribution in [1.82, 2.24) is 19.9 Å². The molecule has 1 N–H and O–H groups in total. The maximum absolute atomic E-state index is 11.2. The van der Waals surface area contributed by atoms with Gasteiger partial charge in [0.25, 0.3) is 0 Å². The summed E-state index contributed by atoms with van der Waals surface area (Å²) in [6.07, 6.45) is 3.89. The van der Waals surface area contributed by atoms with Gasteiger partial charge >= 0.3 is 0 Å². The Bertz CT molecular complexity index is 627. The van der Waals surface area contributed by atoms with Gasteiger partial charge in [0.15, 0.2) is 0 Å². The Morgan fingerprint density at radius 2 is 2.47 bits per heavy atom. The second-order valence-corrected chi connectivity index (χ2v) is 5.43. The minimum atomic E-state index is -0.0838. The molecule has 0 radical (unpaired) electrons. The van der Waals surface area contributed by atoms with E-state index in [9.17, 15) is 4.79 Å². The van der Waals surface area contributed by atoms with E-state index in [2.05, 4.69) is 31.3 Å². The molecule has 3 rings (SSSR count). The fourth-order valence-corrected chi connectivity index (χ4v) is 2.54. The Labute approximate surface area is 118 Å². The zero-order chi connectivity index (χ0) is 13.4. The van der Waals surface area contributed by atoms with Crippen LogP contribution in [-0.2, 0) is 4.79 Å². The van der Waals surface area contributed by atoms with Crippen LogP contribution in [-0.4, -0.2) is 33.2 Å². The Morgan fingerprint density at radius 1 is 1.63 bits per heavy atom. The Hall–Kier alpha value is -1.63. The smallest absolute Gasteiger partial charge is 0.241 e. The summed E-state index contributed by atoms with van der Waals surface area (Å²) < 4.78 is 8.27. The highest BCUT2D eigenvalue weighted by atomic mass is 79.9. The molecule has 0 spiro atoms. The molecule has 0 bridgehead atoms. The van der Waals surface area contributed by atoms with Gasteiger partial charge in [-0.1, -0.05) is 0 Å². The number of halogens is 1. The zero-order valence-electron chi connectivity index (χ0n) is 10.3. The molecule has 0 saturated carbocycles. The molecule has 1 fully saturated rings. The van der Waals surface area contributed by atoms with Crippen LogP contribution in [0.4, 0.5) is 0 Å². The molecule has 1 aliphatic rings. The molecule has 19 heavy (non-hydrogen) atoms. The molecule has 1 amide bonds. The second-order valence-electron chi connectivity index (χ2n) is 4.62. The molecule has 1 saturated heterocycles. The van der Waals surface area contributed by atoms with E-state index < -0.39 is 0 Å². The molecular weight excluding hydrogens is 312 g/mol. The molecule has 2 aromatic heterocycles. The van der Waals surface area contributed by atoms with Crippen LogP contribution in [0, 0.1) is 5.92 Å². The lowest BCUT2D eigenvalue weighted by Crippen LogP contribution is -2.26. The van der Waals surface area contributed by atoms with Crippen molar-refractivity contribution < 1.29 is 9.53 Å². The first-order valence-corrected chi connectivity index (χ1v) is 6.86. The lowest BCUT2D eigenvalue weighted by molar-refractivity contribution is -0.119. The van der Waals surface area contributed by atoms with Crippen molar-refractivity contribution in [2.75, 3.05) is 6.54 Å². The predicted octanol–water partition coefficient (Wildman–Crippen LogP) is 1.40. The van der Waals surface area contributed by atoms with Gasteiger partial charge in [-0.3, -0.25) is 4.79 Å². The summed E-state index contributed by atoms with van der Waals surface area (Å²) >= 11 is 3.33. The average molecular weight is 325 g/mol. The highest BCUT2D eigenvalue weighted by Crippen LogP contribution is 2.24. The first-order valence-electron chi connectivity index (χ1n) is 6.07. The third kappa shape index (κ3) is 2.42. The second kappa shape index (κ2) is 4.80. The van der Waals surface area contributed by atoms with E-state index in [4.69, 9.17) is 4.74 Å². The van der Waals surface area contributed by atoms with Crippen LogP contribution in [0.15, 0.2) is 23.1 Å². The number of hydrogen-bond acceptors (Lipinski definition) is 4. The van der Waals surface area contributed by atoms with Gasteiger partial charge in [-0.25, -0.2) is 9.50 Å². The highest BCUT2D eigenvalue weighted by Gasteiger charge is 2.28. The SMILES string of the molecule is CC(Oc1nc(Br)cn2nccc12)C1CNC(=O)C1. The molecule has 3 heterocycles. The van der Waals surface area contributed by atoms with Gasteiger partial charge in [-0.2, -0.15) is 5.10 Å². The zero-order valence-corrected chi connectivity index (χ0v) is 11.9. The van der Waals surface area contributed by atoms with Crippen LogP contribution in [0.25, 0.3) is 5.52 Å². The lowest BCUT2D eigenvalue weighted by atomic mass is 10.0. The van der Waals surface area contributed by atoms with E-state index in [1.165, 1.54) is 0 Å². The number of ether oxygens (including phenoxy) is 1. The number of rotatable bonds is 3. The molecule has 2 aromatic rings. The fourth-order valence-electron chi connectivity index (χ4n) is 2.19. The number of hydrogen-bond donors (Lipinski definition) is 1. The van der Waals surface area contributed by atoms with Gasteiger partial charge in [-0.05, 0) is 28.9 Å². The van der Waals surface area contributed by atoms with Crippen LogP contribution >= 0.6 is 15.9 Å². The van der Waals surface area contributed by atoms with Crippen molar-refractivity contribution in [2.45, 2.75) is 19.4 Å². The van der Waals surface area contributed by atoms with E-state index in [0.717, 1.165) is 5.52 Å². The summed E-state index contributed by atoms with van der Waals surface area (Å²) in [5.74, 6) is 0.784. The van der Waals surface area contributed by atoms with E-state index >= 15 is 0 Å². The van der Waals surface area contributed by atoms with Gasteiger partial charge in [-0.15, -0.1) is 0 Å². The number of nitrogens with one attached hydrogen (secondary N) is 1. The van der Waals surface area contributed by atoms with Crippen LogP contribution in [0.5, 0.6) is 5.88 Å². The first kappa shape index (κ1) is 12.4. The van der Waals surface area contributed by atoms with Crippen molar-refractivity contribution >= 4 is 27.4 Å². The van der Waals surface area contributed by atoms with Crippen LogP contribution in [0.2, 0.25) is 0 Å². The molecule has 0 aromatic carbocycles. The third-order valence-electron chi connectivity index (χ3n) is 3.30. The molecule has 7 heteroatoms. The highest BCUT2D eigenvalue weighted by molar-refractivity contribution is 9.10. The molecule has 1 aliphatic heterocycles. The maximum atomic E-state index is 11.2. The molecule has 6 nitrogen and oxygen atoms in total. The van der Waals surface area contributed by atoms with Gasteiger partial charge in [0.1, 0.15) is 16.2 Å². The Balaban J connectivity index is 1.84. The topological polar surface area (TPSA) is 68.5 Å². The standard InChI is InChI=1S/C12H13BrN4O2/c1-7(8-4-11(18)14-5-8)19-12-9-2-3-15-17(9)6-10(13)16-12/h2-3,6-8H,4-5H2,1H3,(H,14,18). The summed E-state index contributed by atoms with van der Waals surface area (Å²) in [4.78, 5) is 15.6. The van der Waals surface area contributed by atoms with Crippen molar-refractivity contribution in [3.63, 3.8) is 0 Å². The van der Waals surface area contributed by atoms with Crippen molar-refractivity contribution in [1.29, 1.82) is 0 Å². The summed E-state index contributed by atoms with van der Waals surface area (Å²) in [6.45, 7) is 2.62. The van der Waals surface area contributed by atoms with Crippen molar-refractivity contribution in [3.8, 4) is 5.88 Å². The number of aromatic nitrogens is 3. The third-order valence-corrected chi connectivity index (χ3v) is 3.68. The normalized spacial score (nSPS) is 20.5. The van der Waals surface area contributed by atoms with Gasteiger partial charge < -0.3 is 10.1 Å². The summed E-state index contributed by atoms with van der Waals surface area (Å²) in [5.41, 5.74) is 0.812. The van der Waals surface area contributed by atoms with E-state index in [0.29, 0.717) is 23.4 Å². The minimum absolute atomic E-state index is 0.0807. The Morgan fingerprint density at radius 3 is 3.21 bits per heavy atom. The monoisotopic (exact) mass is 324 g/mol. The van der Waals surface area contributed by atoms with Crippen molar-refractivity contribution in [3.05, 3.63) is 23.1 Å². The number of fused-ring (bicyclic) bond motifs is 1. The number of nitrogens with zero attached hydrogens (tertiary/aromatic N) is 3. The largest absolute Gasteiger partial charge is 0.473 e. The maximum Gasteiger partial charge on any atom is 0.241 e. The fraction of sp³-hybridized carbons (Fsp3) is 0.417. The van der Waals surface area contributed by atoms with Crippen LogP contribution in [0.3, 0.4) is 0 Å². The molecule has 2 atom stereocenters. The molecular formula is C12H13BrN4O2. The van der Waals surface area contributed by atoms with Crippen molar-refractivity contribution in [2.24, 2.45) is 5.92 Å². The van der Waals surface area contributed by atoms with E-state index in [-0.39, 0.29) is 17.9 Å². The Kier molecular flexibility index (Phi) is 3.14. The molecule has 2 unspecified atom stereocenters. The van der Waals surface area contributed by atoms with E-state index in [1.54, 1.807) is 16.9 Å². The molecule has 100 valence electrons. The lowest BCUT2D eigenvalue weighted by Gasteiger charge is -2.19. The first-order chi connectivity index (χ1) is 9.13. The van der Waals surface area contributed by atoms with Gasteiger partial charge in [0.05, 0.1) is 12.4 Å². The number of carbonyl (C=O) groups excluding carboxylic acids is 1. The van der Waals surface area contributed by atoms with E-state index in [1.807, 2.05) is 13.0 Å². The number of amides is 1. The minimum Gasteiger partial charge on any atom is -0.473 e. The summed E-state index contributed by atoms with van der Waals surface area (Å²) in [6, 6.07) is 1.85.